The van der Waals surface area contributed by atoms with Crippen molar-refractivity contribution < 1.29 is 13.9 Å². The van der Waals surface area contributed by atoms with E-state index in [1.165, 1.54) is 10.9 Å². The molecule has 1 aliphatic rings. The van der Waals surface area contributed by atoms with E-state index in [2.05, 4.69) is 25.2 Å². The molecule has 2 aromatic rings. The van der Waals surface area contributed by atoms with Gasteiger partial charge in [0, 0.05) is 23.5 Å². The summed E-state index contributed by atoms with van der Waals surface area (Å²) in [5.41, 5.74) is 2.13. The van der Waals surface area contributed by atoms with Crippen LogP contribution in [0.1, 0.15) is 25.2 Å². The van der Waals surface area contributed by atoms with Crippen LogP contribution in [-0.4, -0.2) is 25.4 Å². The number of benzene rings is 1. The Morgan fingerprint density at radius 2 is 2.10 bits per heavy atom. The molecule has 0 aliphatic carbocycles. The highest BCUT2D eigenvalue weighted by Crippen LogP contribution is 2.27. The van der Waals surface area contributed by atoms with Gasteiger partial charge in [0.2, 0.25) is 0 Å². The zero-order valence-corrected chi connectivity index (χ0v) is 12.0. The summed E-state index contributed by atoms with van der Waals surface area (Å²) in [6.45, 7) is 6.99. The fourth-order valence-corrected chi connectivity index (χ4v) is 2.27. The zero-order chi connectivity index (χ0) is 13.9. The summed E-state index contributed by atoms with van der Waals surface area (Å²) < 4.78 is 16.9. The predicted octanol–water partition coefficient (Wildman–Crippen LogP) is 2.85. The molecular weight excluding hydrogens is 254 g/mol. The lowest BCUT2D eigenvalue weighted by Gasteiger charge is -2.25. The van der Waals surface area contributed by atoms with Crippen molar-refractivity contribution in [3.05, 3.63) is 35.6 Å². The molecular formula is C16H21NO3. The van der Waals surface area contributed by atoms with Crippen molar-refractivity contribution in [1.29, 1.82) is 0 Å². The van der Waals surface area contributed by atoms with Crippen molar-refractivity contribution in [2.45, 2.75) is 39.1 Å². The molecule has 0 unspecified atom stereocenters. The maximum absolute atomic E-state index is 5.94. The predicted molar refractivity (Wildman–Crippen MR) is 77.6 cm³/mol. The minimum atomic E-state index is 0.217. The van der Waals surface area contributed by atoms with Gasteiger partial charge in [-0.05, 0) is 6.07 Å². The van der Waals surface area contributed by atoms with Crippen LogP contribution in [0, 0.1) is 0 Å². The van der Waals surface area contributed by atoms with Crippen LogP contribution < -0.4 is 5.32 Å². The van der Waals surface area contributed by atoms with Gasteiger partial charge in [0.25, 0.3) is 0 Å². The van der Waals surface area contributed by atoms with Gasteiger partial charge in [-0.2, -0.15) is 0 Å². The highest BCUT2D eigenvalue weighted by Gasteiger charge is 2.21. The fraction of sp³-hybridized carbons (Fsp3) is 0.500. The Bertz CT molecular complexity index is 572. The van der Waals surface area contributed by atoms with Gasteiger partial charge in [0.1, 0.15) is 24.1 Å². The molecule has 0 bridgehead atoms. The molecule has 3 rings (SSSR count). The quantitative estimate of drug-likeness (QED) is 0.880. The van der Waals surface area contributed by atoms with Gasteiger partial charge in [0.05, 0.1) is 13.2 Å². The summed E-state index contributed by atoms with van der Waals surface area (Å²) in [6, 6.07) is 8.59. The molecule has 0 radical (unpaired) electrons. The maximum atomic E-state index is 5.94. The standard InChI is InChI=1S/C16H21NO3/c1-11(2)17-7-14-13-5-3-4-6-15(13)20-16(14)10-19-12-8-18-9-12/h3-6,11-12,17H,7-10H2,1-2H3. The molecule has 0 atom stereocenters. The van der Waals surface area contributed by atoms with Crippen molar-refractivity contribution in [1.82, 2.24) is 5.32 Å². The molecule has 0 spiro atoms. The van der Waals surface area contributed by atoms with Gasteiger partial charge >= 0.3 is 0 Å². The molecule has 0 saturated carbocycles. The normalized spacial score (nSPS) is 15.9. The average molecular weight is 275 g/mol. The molecule has 0 amide bonds. The van der Waals surface area contributed by atoms with Crippen molar-refractivity contribution in [2.75, 3.05) is 13.2 Å². The third-order valence-electron chi connectivity index (χ3n) is 3.53. The lowest BCUT2D eigenvalue weighted by atomic mass is 10.1. The van der Waals surface area contributed by atoms with E-state index in [-0.39, 0.29) is 6.10 Å². The van der Waals surface area contributed by atoms with Crippen LogP contribution in [0.3, 0.4) is 0 Å². The second-order valence-electron chi connectivity index (χ2n) is 5.51. The Morgan fingerprint density at radius 3 is 2.80 bits per heavy atom. The summed E-state index contributed by atoms with van der Waals surface area (Å²) in [5.74, 6) is 0.922. The van der Waals surface area contributed by atoms with E-state index >= 15 is 0 Å². The van der Waals surface area contributed by atoms with Gasteiger partial charge < -0.3 is 19.2 Å². The molecule has 20 heavy (non-hydrogen) atoms. The van der Waals surface area contributed by atoms with Gasteiger partial charge in [0.15, 0.2) is 0 Å². The number of hydrogen-bond acceptors (Lipinski definition) is 4. The highest BCUT2D eigenvalue weighted by atomic mass is 16.6. The number of fused-ring (bicyclic) bond motifs is 1. The molecule has 1 fully saturated rings. The number of para-hydroxylation sites is 1. The van der Waals surface area contributed by atoms with Gasteiger partial charge in [-0.3, -0.25) is 0 Å². The lowest BCUT2D eigenvalue weighted by Crippen LogP contribution is -2.35. The van der Waals surface area contributed by atoms with E-state index in [1.807, 2.05) is 18.2 Å². The average Bonchev–Trinajstić information content (AvgIpc) is 2.72. The number of ether oxygens (including phenoxy) is 2. The molecule has 2 heterocycles. The minimum absolute atomic E-state index is 0.217. The van der Waals surface area contributed by atoms with E-state index in [9.17, 15) is 0 Å². The zero-order valence-electron chi connectivity index (χ0n) is 12.0. The second kappa shape index (κ2) is 5.95. The number of rotatable bonds is 6. The van der Waals surface area contributed by atoms with Crippen LogP contribution in [0.5, 0.6) is 0 Å². The van der Waals surface area contributed by atoms with E-state index in [0.717, 1.165) is 17.9 Å². The maximum Gasteiger partial charge on any atom is 0.135 e. The van der Waals surface area contributed by atoms with Crippen molar-refractivity contribution in [3.63, 3.8) is 0 Å². The first-order valence-electron chi connectivity index (χ1n) is 7.16. The third kappa shape index (κ3) is 2.87. The minimum Gasteiger partial charge on any atom is -0.458 e. The van der Waals surface area contributed by atoms with Crippen LogP contribution in [0.2, 0.25) is 0 Å². The first-order valence-corrected chi connectivity index (χ1v) is 7.16. The molecule has 1 saturated heterocycles. The Morgan fingerprint density at radius 1 is 1.30 bits per heavy atom. The first-order chi connectivity index (χ1) is 9.74. The van der Waals surface area contributed by atoms with Gasteiger partial charge in [-0.15, -0.1) is 0 Å². The van der Waals surface area contributed by atoms with E-state index in [4.69, 9.17) is 13.9 Å². The molecule has 1 aliphatic heterocycles. The van der Waals surface area contributed by atoms with Crippen LogP contribution >= 0.6 is 0 Å². The molecule has 1 aromatic carbocycles. The molecule has 1 aromatic heterocycles. The summed E-state index contributed by atoms with van der Waals surface area (Å²) in [6.07, 6.45) is 0.217. The summed E-state index contributed by atoms with van der Waals surface area (Å²) in [5, 5.41) is 4.63. The molecule has 108 valence electrons. The van der Waals surface area contributed by atoms with E-state index in [0.29, 0.717) is 25.9 Å². The Kier molecular flexibility index (Phi) is 4.05. The fourth-order valence-electron chi connectivity index (χ4n) is 2.27. The number of hydrogen-bond donors (Lipinski definition) is 1. The summed E-state index contributed by atoms with van der Waals surface area (Å²) in [7, 11) is 0. The van der Waals surface area contributed by atoms with Crippen molar-refractivity contribution in [3.8, 4) is 0 Å². The van der Waals surface area contributed by atoms with Crippen molar-refractivity contribution in [2.24, 2.45) is 0 Å². The van der Waals surface area contributed by atoms with Crippen LogP contribution in [0.15, 0.2) is 28.7 Å². The van der Waals surface area contributed by atoms with Crippen LogP contribution in [0.25, 0.3) is 11.0 Å². The Balaban J connectivity index is 1.81. The smallest absolute Gasteiger partial charge is 0.135 e. The van der Waals surface area contributed by atoms with Crippen LogP contribution in [0.4, 0.5) is 0 Å². The lowest BCUT2D eigenvalue weighted by molar-refractivity contribution is -0.137. The summed E-state index contributed by atoms with van der Waals surface area (Å²) in [4.78, 5) is 0. The topological polar surface area (TPSA) is 43.6 Å². The monoisotopic (exact) mass is 275 g/mol. The van der Waals surface area contributed by atoms with Crippen LogP contribution in [-0.2, 0) is 22.6 Å². The Labute approximate surface area is 119 Å². The molecule has 4 heteroatoms. The molecule has 1 N–H and O–H groups in total. The summed E-state index contributed by atoms with van der Waals surface area (Å²) >= 11 is 0. The first kappa shape index (κ1) is 13.6. The van der Waals surface area contributed by atoms with E-state index < -0.39 is 0 Å². The number of nitrogens with one attached hydrogen (secondary N) is 1. The van der Waals surface area contributed by atoms with Gasteiger partial charge in [-0.1, -0.05) is 32.0 Å². The van der Waals surface area contributed by atoms with Gasteiger partial charge in [-0.25, -0.2) is 0 Å². The SMILES string of the molecule is CC(C)NCc1c(COC2COC2)oc2ccccc12. The van der Waals surface area contributed by atoms with Crippen molar-refractivity contribution >= 4 is 11.0 Å². The highest BCUT2D eigenvalue weighted by molar-refractivity contribution is 5.82. The Hall–Kier alpha value is -1.36. The van der Waals surface area contributed by atoms with E-state index in [1.54, 1.807) is 0 Å². The third-order valence-corrected chi connectivity index (χ3v) is 3.53. The second-order valence-corrected chi connectivity index (χ2v) is 5.51. The molecule has 4 nitrogen and oxygen atoms in total. The largest absolute Gasteiger partial charge is 0.458 e. The number of furan rings is 1.